The second kappa shape index (κ2) is 5.15. The van der Waals surface area contributed by atoms with E-state index in [2.05, 4.69) is 9.97 Å². The molecule has 0 amide bonds. The maximum Gasteiger partial charge on any atom is 0.157 e. The Hall–Kier alpha value is -2.04. The molecule has 0 atom stereocenters. The second-order valence-corrected chi connectivity index (χ2v) is 5.05. The number of nitrogens with two attached hydrogens (primary N) is 1. The van der Waals surface area contributed by atoms with E-state index in [1.54, 1.807) is 29.2 Å². The van der Waals surface area contributed by atoms with Crippen molar-refractivity contribution in [1.82, 2.24) is 14.5 Å². The number of rotatable bonds is 2. The highest BCUT2D eigenvalue weighted by molar-refractivity contribution is 6.35. The molecule has 100 valence electrons. The van der Waals surface area contributed by atoms with E-state index < -0.39 is 0 Å². The summed E-state index contributed by atoms with van der Waals surface area (Å²) >= 11 is 12.1. The van der Waals surface area contributed by atoms with E-state index in [0.29, 0.717) is 27.4 Å². The summed E-state index contributed by atoms with van der Waals surface area (Å²) in [6.45, 7) is 0. The molecular formula is C14H10Cl2N4. The Morgan fingerprint density at radius 2 is 1.95 bits per heavy atom. The molecular weight excluding hydrogens is 295 g/mol. The second-order valence-electron chi connectivity index (χ2n) is 4.21. The fraction of sp³-hybridized carbons (Fsp3) is 0. The number of aromatic nitrogens is 3. The van der Waals surface area contributed by atoms with Gasteiger partial charge in [0.1, 0.15) is 5.82 Å². The molecule has 1 aromatic carbocycles. The average molecular weight is 305 g/mol. The first-order valence-corrected chi connectivity index (χ1v) is 6.61. The van der Waals surface area contributed by atoms with Crippen LogP contribution in [0.2, 0.25) is 10.0 Å². The molecule has 0 aliphatic rings. The highest BCUT2D eigenvalue weighted by Gasteiger charge is 2.12. The lowest BCUT2D eigenvalue weighted by Gasteiger charge is -2.09. The van der Waals surface area contributed by atoms with Crippen molar-refractivity contribution in [2.75, 3.05) is 5.73 Å². The van der Waals surface area contributed by atoms with Gasteiger partial charge in [0.15, 0.2) is 5.82 Å². The predicted octanol–water partition coefficient (Wildman–Crippen LogP) is 3.82. The van der Waals surface area contributed by atoms with Gasteiger partial charge in [-0.15, -0.1) is 0 Å². The van der Waals surface area contributed by atoms with Gasteiger partial charge in [-0.05, 0) is 18.2 Å². The van der Waals surface area contributed by atoms with Gasteiger partial charge in [0, 0.05) is 29.8 Å². The van der Waals surface area contributed by atoms with Crippen LogP contribution in [-0.4, -0.2) is 14.5 Å². The van der Waals surface area contributed by atoms with E-state index in [9.17, 15) is 0 Å². The van der Waals surface area contributed by atoms with Crippen LogP contribution in [-0.2, 0) is 0 Å². The number of benzene rings is 1. The van der Waals surface area contributed by atoms with E-state index in [4.69, 9.17) is 28.9 Å². The topological polar surface area (TPSA) is 56.7 Å². The number of hydrogen-bond acceptors (Lipinski definition) is 3. The third kappa shape index (κ3) is 2.35. The van der Waals surface area contributed by atoms with Gasteiger partial charge >= 0.3 is 0 Å². The van der Waals surface area contributed by atoms with Crippen molar-refractivity contribution in [3.63, 3.8) is 0 Å². The number of nitrogens with zero attached hydrogens (tertiary/aromatic N) is 3. The molecule has 2 heterocycles. The van der Waals surface area contributed by atoms with Gasteiger partial charge in [0.25, 0.3) is 0 Å². The summed E-state index contributed by atoms with van der Waals surface area (Å²) < 4.78 is 1.80. The van der Waals surface area contributed by atoms with Crippen molar-refractivity contribution in [3.05, 3.63) is 59.0 Å². The predicted molar refractivity (Wildman–Crippen MR) is 81.2 cm³/mol. The lowest BCUT2D eigenvalue weighted by atomic mass is 10.2. The molecule has 3 rings (SSSR count). The minimum absolute atomic E-state index is 0.459. The smallest absolute Gasteiger partial charge is 0.157 e. The summed E-state index contributed by atoms with van der Waals surface area (Å²) in [4.78, 5) is 8.60. The Balaban J connectivity index is 2.15. The summed E-state index contributed by atoms with van der Waals surface area (Å²) in [5.41, 5.74) is 7.37. The maximum absolute atomic E-state index is 6.19. The van der Waals surface area contributed by atoms with Crippen LogP contribution in [0.1, 0.15) is 0 Å². The van der Waals surface area contributed by atoms with Crippen molar-refractivity contribution in [3.8, 4) is 17.2 Å². The molecule has 2 N–H and O–H groups in total. The summed E-state index contributed by atoms with van der Waals surface area (Å²) in [6, 6.07) is 9.13. The molecule has 0 saturated carbocycles. The molecule has 3 aromatic rings. The van der Waals surface area contributed by atoms with Crippen LogP contribution in [0.3, 0.4) is 0 Å². The molecule has 0 radical (unpaired) electrons. The highest BCUT2D eigenvalue weighted by atomic mass is 35.5. The third-order valence-corrected chi connectivity index (χ3v) is 3.29. The normalized spacial score (nSPS) is 10.7. The zero-order valence-corrected chi connectivity index (χ0v) is 11.8. The van der Waals surface area contributed by atoms with Crippen LogP contribution in [0.15, 0.2) is 48.9 Å². The molecule has 20 heavy (non-hydrogen) atoms. The first-order valence-electron chi connectivity index (χ1n) is 5.86. The van der Waals surface area contributed by atoms with Crippen molar-refractivity contribution >= 4 is 28.9 Å². The Labute approximate surface area is 125 Å². The number of pyridine rings is 1. The quantitative estimate of drug-likeness (QED) is 0.732. The molecule has 0 unspecified atom stereocenters. The van der Waals surface area contributed by atoms with Crippen molar-refractivity contribution < 1.29 is 0 Å². The average Bonchev–Trinajstić information content (AvgIpc) is 2.87. The van der Waals surface area contributed by atoms with Crippen molar-refractivity contribution in [1.29, 1.82) is 0 Å². The van der Waals surface area contributed by atoms with Crippen LogP contribution >= 0.6 is 23.2 Å². The molecule has 2 aromatic heterocycles. The van der Waals surface area contributed by atoms with E-state index in [1.807, 2.05) is 24.3 Å². The summed E-state index contributed by atoms with van der Waals surface area (Å²) in [6.07, 6.45) is 5.03. The van der Waals surface area contributed by atoms with Crippen LogP contribution in [0.5, 0.6) is 0 Å². The van der Waals surface area contributed by atoms with Crippen LogP contribution < -0.4 is 5.73 Å². The van der Waals surface area contributed by atoms with Gasteiger partial charge < -0.3 is 5.73 Å². The fourth-order valence-electron chi connectivity index (χ4n) is 1.95. The molecule has 0 bridgehead atoms. The van der Waals surface area contributed by atoms with E-state index in [-0.39, 0.29) is 0 Å². The van der Waals surface area contributed by atoms with Gasteiger partial charge in [-0.1, -0.05) is 35.3 Å². The van der Waals surface area contributed by atoms with E-state index >= 15 is 0 Å². The SMILES string of the molecule is Nc1cccc(-c2nccn2-c2ncc(Cl)cc2Cl)c1. The summed E-state index contributed by atoms with van der Waals surface area (Å²) in [5, 5.41) is 0.949. The van der Waals surface area contributed by atoms with Gasteiger partial charge in [-0.3, -0.25) is 4.57 Å². The van der Waals surface area contributed by atoms with Crippen LogP contribution in [0, 0.1) is 0 Å². The molecule has 0 aliphatic heterocycles. The van der Waals surface area contributed by atoms with E-state index in [1.165, 1.54) is 0 Å². The molecule has 0 fully saturated rings. The number of anilines is 1. The standard InChI is InChI=1S/C14H10Cl2N4/c15-10-7-12(16)14(19-8-10)20-5-4-18-13(20)9-2-1-3-11(17)6-9/h1-8H,17H2. The monoisotopic (exact) mass is 304 g/mol. The van der Waals surface area contributed by atoms with Gasteiger partial charge in [-0.25, -0.2) is 9.97 Å². The zero-order chi connectivity index (χ0) is 14.1. The minimum atomic E-state index is 0.459. The minimum Gasteiger partial charge on any atom is -0.399 e. The molecule has 6 heteroatoms. The summed E-state index contributed by atoms with van der Waals surface area (Å²) in [5.74, 6) is 1.29. The number of hydrogen-bond donors (Lipinski definition) is 1. The largest absolute Gasteiger partial charge is 0.399 e. The van der Waals surface area contributed by atoms with Gasteiger partial charge in [0.2, 0.25) is 0 Å². The number of halogens is 2. The van der Waals surface area contributed by atoms with Crippen molar-refractivity contribution in [2.24, 2.45) is 0 Å². The van der Waals surface area contributed by atoms with Crippen LogP contribution in [0.25, 0.3) is 17.2 Å². The van der Waals surface area contributed by atoms with Crippen molar-refractivity contribution in [2.45, 2.75) is 0 Å². The Morgan fingerprint density at radius 3 is 2.70 bits per heavy atom. The molecule has 0 spiro atoms. The van der Waals surface area contributed by atoms with Crippen LogP contribution in [0.4, 0.5) is 5.69 Å². The van der Waals surface area contributed by atoms with E-state index in [0.717, 1.165) is 5.56 Å². The molecule has 0 saturated heterocycles. The first-order chi connectivity index (χ1) is 9.65. The molecule has 0 aliphatic carbocycles. The third-order valence-electron chi connectivity index (χ3n) is 2.80. The van der Waals surface area contributed by atoms with Gasteiger partial charge in [-0.2, -0.15) is 0 Å². The fourth-order valence-corrected chi connectivity index (χ4v) is 2.42. The number of nitrogen functional groups attached to an aromatic ring is 1. The Morgan fingerprint density at radius 1 is 1.10 bits per heavy atom. The number of imidazole rings is 1. The molecule has 4 nitrogen and oxygen atoms in total. The lowest BCUT2D eigenvalue weighted by molar-refractivity contribution is 1.00. The first kappa shape index (κ1) is 13.0. The zero-order valence-electron chi connectivity index (χ0n) is 10.3. The van der Waals surface area contributed by atoms with Gasteiger partial charge in [0.05, 0.1) is 10.0 Å². The lowest BCUT2D eigenvalue weighted by Crippen LogP contribution is -2.00. The Bertz CT molecular complexity index is 767. The highest BCUT2D eigenvalue weighted by Crippen LogP contribution is 2.27. The Kier molecular flexibility index (Phi) is 3.34. The summed E-state index contributed by atoms with van der Waals surface area (Å²) in [7, 11) is 0. The maximum atomic E-state index is 6.19.